The molecule has 0 atom stereocenters. The summed E-state index contributed by atoms with van der Waals surface area (Å²) in [5.74, 6) is -1.34. The fraction of sp³-hybridized carbons (Fsp3) is 0.0455. The van der Waals surface area contributed by atoms with Crippen LogP contribution in [0.15, 0.2) is 72.9 Å². The van der Waals surface area contributed by atoms with Gasteiger partial charge in [0.25, 0.3) is 5.69 Å². The largest absolute Gasteiger partial charge is 0.350 e. The van der Waals surface area contributed by atoms with Crippen molar-refractivity contribution in [2.45, 2.75) is 0 Å². The first kappa shape index (κ1) is 19.3. The van der Waals surface area contributed by atoms with Gasteiger partial charge in [0.05, 0.1) is 10.6 Å². The summed E-state index contributed by atoms with van der Waals surface area (Å²) in [4.78, 5) is 11.1. The summed E-state index contributed by atoms with van der Waals surface area (Å²) in [6.45, 7) is 0. The summed E-state index contributed by atoms with van der Waals surface area (Å²) in [5.41, 5.74) is 2.71. The molecule has 1 heterocycles. The standard InChI is InChI=1S/C22H16F2N4O2/c1-27-10-9-20(26-27)15-5-8-21(22(12-15)28(29)30)25-17-4-2-3-14(11-17)18-7-6-16(23)13-19(18)24/h2-13,25H,1H3. The molecule has 0 saturated heterocycles. The van der Waals surface area contributed by atoms with E-state index in [-0.39, 0.29) is 16.9 Å². The molecule has 0 aliphatic heterocycles. The lowest BCUT2D eigenvalue weighted by atomic mass is 10.0. The van der Waals surface area contributed by atoms with Gasteiger partial charge >= 0.3 is 0 Å². The van der Waals surface area contributed by atoms with E-state index in [0.717, 1.165) is 6.07 Å². The smallest absolute Gasteiger partial charge is 0.293 e. The van der Waals surface area contributed by atoms with E-state index >= 15 is 0 Å². The minimum absolute atomic E-state index is 0.114. The molecule has 6 nitrogen and oxygen atoms in total. The fourth-order valence-electron chi connectivity index (χ4n) is 3.16. The number of nitro groups is 1. The zero-order chi connectivity index (χ0) is 21.3. The first-order valence-corrected chi connectivity index (χ1v) is 9.02. The number of nitro benzene ring substituents is 1. The maximum atomic E-state index is 14.1. The lowest BCUT2D eigenvalue weighted by Gasteiger charge is -2.10. The van der Waals surface area contributed by atoms with Gasteiger partial charge in [0, 0.05) is 42.2 Å². The lowest BCUT2D eigenvalue weighted by molar-refractivity contribution is -0.383. The Balaban J connectivity index is 1.68. The predicted molar refractivity (Wildman–Crippen MR) is 110 cm³/mol. The Morgan fingerprint density at radius 1 is 1.00 bits per heavy atom. The topological polar surface area (TPSA) is 73.0 Å². The summed E-state index contributed by atoms with van der Waals surface area (Å²) in [6, 6.07) is 16.6. The molecule has 0 fully saturated rings. The van der Waals surface area contributed by atoms with Crippen LogP contribution in [0.2, 0.25) is 0 Å². The van der Waals surface area contributed by atoms with Gasteiger partial charge in [-0.15, -0.1) is 0 Å². The SMILES string of the molecule is Cn1ccc(-c2ccc(Nc3cccc(-c4ccc(F)cc4F)c3)c([N+](=O)[O-])c2)n1. The number of anilines is 2. The quantitative estimate of drug-likeness (QED) is 0.342. The van der Waals surface area contributed by atoms with Gasteiger partial charge in [-0.25, -0.2) is 8.78 Å². The second-order valence-corrected chi connectivity index (χ2v) is 6.69. The first-order chi connectivity index (χ1) is 14.4. The average Bonchev–Trinajstić information content (AvgIpc) is 3.14. The number of benzene rings is 3. The van der Waals surface area contributed by atoms with Crippen molar-refractivity contribution < 1.29 is 13.7 Å². The highest BCUT2D eigenvalue weighted by Crippen LogP contribution is 2.33. The Labute approximate surface area is 170 Å². The van der Waals surface area contributed by atoms with Crippen LogP contribution in [0.3, 0.4) is 0 Å². The van der Waals surface area contributed by atoms with Crippen LogP contribution in [0, 0.1) is 21.7 Å². The van der Waals surface area contributed by atoms with Gasteiger partial charge in [0.2, 0.25) is 0 Å². The molecule has 4 rings (SSSR count). The molecule has 3 aromatic carbocycles. The second kappa shape index (κ2) is 7.75. The molecule has 8 heteroatoms. The van der Waals surface area contributed by atoms with Crippen LogP contribution >= 0.6 is 0 Å². The lowest BCUT2D eigenvalue weighted by Crippen LogP contribution is -1.98. The van der Waals surface area contributed by atoms with Gasteiger partial charge < -0.3 is 5.32 Å². The van der Waals surface area contributed by atoms with Crippen molar-refractivity contribution in [1.29, 1.82) is 0 Å². The van der Waals surface area contributed by atoms with Crippen molar-refractivity contribution in [2.75, 3.05) is 5.32 Å². The van der Waals surface area contributed by atoms with Crippen LogP contribution in [-0.4, -0.2) is 14.7 Å². The van der Waals surface area contributed by atoms with Crippen LogP contribution in [0.1, 0.15) is 0 Å². The number of halogens is 2. The average molecular weight is 406 g/mol. The Morgan fingerprint density at radius 2 is 1.83 bits per heavy atom. The van der Waals surface area contributed by atoms with Crippen molar-refractivity contribution in [3.63, 3.8) is 0 Å². The van der Waals surface area contributed by atoms with Gasteiger partial charge in [-0.1, -0.05) is 18.2 Å². The van der Waals surface area contributed by atoms with Gasteiger partial charge in [-0.3, -0.25) is 14.8 Å². The van der Waals surface area contributed by atoms with E-state index in [1.54, 1.807) is 60.4 Å². The van der Waals surface area contributed by atoms with Gasteiger partial charge in [0.1, 0.15) is 17.3 Å². The van der Waals surface area contributed by atoms with E-state index < -0.39 is 16.6 Å². The normalized spacial score (nSPS) is 10.8. The number of aromatic nitrogens is 2. The summed E-state index contributed by atoms with van der Waals surface area (Å²) in [5, 5.41) is 18.9. The number of nitrogens with one attached hydrogen (secondary N) is 1. The molecule has 0 aliphatic carbocycles. The molecule has 0 saturated carbocycles. The number of nitrogens with zero attached hydrogens (tertiary/aromatic N) is 3. The number of hydrogen-bond donors (Lipinski definition) is 1. The van der Waals surface area contributed by atoms with Crippen molar-refractivity contribution in [1.82, 2.24) is 9.78 Å². The Bertz CT molecular complexity index is 1250. The Kier molecular flexibility index (Phi) is 4.97. The molecule has 1 aromatic heterocycles. The third kappa shape index (κ3) is 3.88. The van der Waals surface area contributed by atoms with Gasteiger partial charge in [-0.2, -0.15) is 5.10 Å². The molecule has 150 valence electrons. The highest BCUT2D eigenvalue weighted by atomic mass is 19.1. The van der Waals surface area contributed by atoms with E-state index in [2.05, 4.69) is 10.4 Å². The minimum Gasteiger partial charge on any atom is -0.350 e. The molecule has 0 unspecified atom stereocenters. The Morgan fingerprint density at radius 3 is 2.53 bits per heavy atom. The second-order valence-electron chi connectivity index (χ2n) is 6.69. The molecule has 0 aliphatic rings. The number of hydrogen-bond acceptors (Lipinski definition) is 4. The predicted octanol–water partition coefficient (Wildman–Crippen LogP) is 5.68. The summed E-state index contributed by atoms with van der Waals surface area (Å²) >= 11 is 0. The molecule has 30 heavy (non-hydrogen) atoms. The van der Waals surface area contributed by atoms with Crippen molar-refractivity contribution >= 4 is 17.1 Å². The highest BCUT2D eigenvalue weighted by Gasteiger charge is 2.17. The third-order valence-corrected chi connectivity index (χ3v) is 4.59. The molecule has 0 spiro atoms. The maximum Gasteiger partial charge on any atom is 0.293 e. The summed E-state index contributed by atoms with van der Waals surface area (Å²) < 4.78 is 28.9. The summed E-state index contributed by atoms with van der Waals surface area (Å²) in [7, 11) is 1.77. The van der Waals surface area contributed by atoms with Crippen molar-refractivity contribution in [3.05, 3.63) is 94.7 Å². The van der Waals surface area contributed by atoms with Gasteiger partial charge in [0.15, 0.2) is 0 Å². The molecule has 0 amide bonds. The van der Waals surface area contributed by atoms with E-state index in [9.17, 15) is 18.9 Å². The van der Waals surface area contributed by atoms with Crippen molar-refractivity contribution in [3.8, 4) is 22.4 Å². The molecular formula is C22H16F2N4O2. The zero-order valence-electron chi connectivity index (χ0n) is 15.8. The molecule has 0 radical (unpaired) electrons. The van der Waals surface area contributed by atoms with Crippen LogP contribution in [0.25, 0.3) is 22.4 Å². The number of aryl methyl sites for hydroxylation is 1. The van der Waals surface area contributed by atoms with E-state index in [0.29, 0.717) is 22.5 Å². The van der Waals surface area contributed by atoms with Crippen molar-refractivity contribution in [2.24, 2.45) is 7.05 Å². The van der Waals surface area contributed by atoms with E-state index in [1.807, 2.05) is 0 Å². The molecular weight excluding hydrogens is 390 g/mol. The number of rotatable bonds is 5. The molecule has 4 aromatic rings. The zero-order valence-corrected chi connectivity index (χ0v) is 15.8. The van der Waals surface area contributed by atoms with Crippen LogP contribution in [-0.2, 0) is 7.05 Å². The first-order valence-electron chi connectivity index (χ1n) is 9.02. The minimum atomic E-state index is -0.683. The summed E-state index contributed by atoms with van der Waals surface area (Å²) in [6.07, 6.45) is 1.76. The van der Waals surface area contributed by atoms with E-state index in [4.69, 9.17) is 0 Å². The van der Waals surface area contributed by atoms with Crippen LogP contribution < -0.4 is 5.32 Å². The highest BCUT2D eigenvalue weighted by molar-refractivity contribution is 5.77. The fourth-order valence-corrected chi connectivity index (χ4v) is 3.16. The molecule has 1 N–H and O–H groups in total. The van der Waals surface area contributed by atoms with E-state index in [1.165, 1.54) is 18.2 Å². The van der Waals surface area contributed by atoms with Crippen LogP contribution in [0.4, 0.5) is 25.8 Å². The van der Waals surface area contributed by atoms with Crippen LogP contribution in [0.5, 0.6) is 0 Å². The van der Waals surface area contributed by atoms with Gasteiger partial charge in [-0.05, 0) is 42.0 Å². The maximum absolute atomic E-state index is 14.1. The Hall–Kier alpha value is -4.07. The third-order valence-electron chi connectivity index (χ3n) is 4.59. The molecule has 0 bridgehead atoms. The monoisotopic (exact) mass is 406 g/mol.